The second-order valence-electron chi connectivity index (χ2n) is 5.83. The molecule has 0 bridgehead atoms. The molecular weight excluding hydrogens is 309 g/mol. The lowest BCUT2D eigenvalue weighted by molar-refractivity contribution is -0.255. The van der Waals surface area contributed by atoms with E-state index in [0.29, 0.717) is 11.4 Å². The Morgan fingerprint density at radius 3 is 2.43 bits per heavy atom. The van der Waals surface area contributed by atoms with Gasteiger partial charge < -0.3 is 19.2 Å². The molecule has 21 heavy (non-hydrogen) atoms. The van der Waals surface area contributed by atoms with Gasteiger partial charge in [-0.3, -0.25) is 0 Å². The maximum absolute atomic E-state index is 10.7. The van der Waals surface area contributed by atoms with Crippen LogP contribution in [0.3, 0.4) is 0 Å². The lowest BCUT2D eigenvalue weighted by Crippen LogP contribution is -2.41. The van der Waals surface area contributed by atoms with Gasteiger partial charge >= 0.3 is 7.12 Å². The van der Waals surface area contributed by atoms with Gasteiger partial charge in [-0.25, -0.2) is 4.98 Å². The summed E-state index contributed by atoms with van der Waals surface area (Å²) in [5.41, 5.74) is 0.473. The molecule has 1 aliphatic rings. The van der Waals surface area contributed by atoms with Crippen molar-refractivity contribution in [2.24, 2.45) is 0 Å². The molecular formula is C13H17BNO4S2-. The smallest absolute Gasteiger partial charge is 0.491 e. The maximum Gasteiger partial charge on any atom is 0.491 e. The SMILES string of the molecule is CC1(C)OB(C(=Cc2csc(C(=O)[O-])n2)CS)OC1(C)C. The maximum atomic E-state index is 10.7. The van der Waals surface area contributed by atoms with Crippen LogP contribution in [0.4, 0.5) is 0 Å². The molecule has 0 aliphatic carbocycles. The number of carboxylic acids is 1. The first-order chi connectivity index (χ1) is 9.66. The largest absolute Gasteiger partial charge is 0.542 e. The van der Waals surface area contributed by atoms with E-state index in [0.717, 1.165) is 16.8 Å². The summed E-state index contributed by atoms with van der Waals surface area (Å²) in [6, 6.07) is 0. The summed E-state index contributed by atoms with van der Waals surface area (Å²) in [6.45, 7) is 7.89. The molecule has 1 saturated heterocycles. The second-order valence-corrected chi connectivity index (χ2v) is 7.00. The zero-order valence-corrected chi connectivity index (χ0v) is 14.1. The van der Waals surface area contributed by atoms with Crippen LogP contribution >= 0.6 is 24.0 Å². The van der Waals surface area contributed by atoms with Crippen LogP contribution in [0.2, 0.25) is 0 Å². The molecule has 0 saturated carbocycles. The van der Waals surface area contributed by atoms with Crippen molar-refractivity contribution in [2.45, 2.75) is 38.9 Å². The van der Waals surface area contributed by atoms with Crippen molar-refractivity contribution < 1.29 is 19.2 Å². The van der Waals surface area contributed by atoms with Crippen LogP contribution < -0.4 is 5.11 Å². The predicted octanol–water partition coefficient (Wildman–Crippen LogP) is 1.45. The van der Waals surface area contributed by atoms with Crippen molar-refractivity contribution in [3.63, 3.8) is 0 Å². The predicted molar refractivity (Wildman–Crippen MR) is 84.4 cm³/mol. The average molecular weight is 326 g/mol. The number of aromatic carboxylic acids is 1. The topological polar surface area (TPSA) is 71.5 Å². The molecule has 0 atom stereocenters. The molecule has 0 unspecified atom stereocenters. The lowest BCUT2D eigenvalue weighted by atomic mass is 9.79. The number of thiazole rings is 1. The molecule has 0 spiro atoms. The lowest BCUT2D eigenvalue weighted by Gasteiger charge is -2.32. The number of nitrogens with zero attached hydrogens (tertiary/aromatic N) is 1. The molecule has 1 fully saturated rings. The van der Waals surface area contributed by atoms with Crippen molar-refractivity contribution in [3.8, 4) is 0 Å². The summed E-state index contributed by atoms with van der Waals surface area (Å²) >= 11 is 5.33. The van der Waals surface area contributed by atoms with Gasteiger partial charge in [0.1, 0.15) is 11.0 Å². The Morgan fingerprint density at radius 2 is 2.00 bits per heavy atom. The van der Waals surface area contributed by atoms with Gasteiger partial charge in [0.05, 0.1) is 16.9 Å². The second kappa shape index (κ2) is 5.76. The van der Waals surface area contributed by atoms with Crippen LogP contribution in [0.25, 0.3) is 6.08 Å². The zero-order valence-electron chi connectivity index (χ0n) is 12.4. The molecule has 114 valence electrons. The Hall–Kier alpha value is -0.825. The summed E-state index contributed by atoms with van der Waals surface area (Å²) in [5, 5.41) is 12.4. The van der Waals surface area contributed by atoms with Gasteiger partial charge in [-0.15, -0.1) is 11.3 Å². The van der Waals surface area contributed by atoms with Crippen molar-refractivity contribution in [1.29, 1.82) is 0 Å². The Labute approximate surface area is 133 Å². The fraction of sp³-hybridized carbons (Fsp3) is 0.538. The van der Waals surface area contributed by atoms with Gasteiger partial charge in [0.25, 0.3) is 0 Å². The molecule has 1 aliphatic heterocycles. The zero-order chi connectivity index (χ0) is 15.8. The number of carboxylic acid groups (broad SMARTS) is 1. The van der Waals surface area contributed by atoms with E-state index in [1.807, 2.05) is 27.7 Å². The molecule has 1 aromatic rings. The molecule has 5 nitrogen and oxygen atoms in total. The number of hydrogen-bond donors (Lipinski definition) is 1. The van der Waals surface area contributed by atoms with Crippen molar-refractivity contribution in [2.75, 3.05) is 5.75 Å². The quantitative estimate of drug-likeness (QED) is 0.670. The number of aromatic nitrogens is 1. The van der Waals surface area contributed by atoms with E-state index in [-0.39, 0.29) is 5.01 Å². The van der Waals surface area contributed by atoms with E-state index in [1.54, 1.807) is 11.5 Å². The van der Waals surface area contributed by atoms with Gasteiger partial charge in [0.15, 0.2) is 0 Å². The highest BCUT2D eigenvalue weighted by atomic mass is 32.1. The average Bonchev–Trinajstić information content (AvgIpc) is 2.90. The summed E-state index contributed by atoms with van der Waals surface area (Å²) in [6.07, 6.45) is 1.75. The Balaban J connectivity index is 2.24. The standard InChI is InChI=1S/C13H18BNO4S2/c1-12(2)13(3,4)19-14(18-12)8(6-20)5-9-7-21-10(15-9)11(16)17/h5,7,20H,6H2,1-4H3,(H,16,17)/p-1. The van der Waals surface area contributed by atoms with Crippen LogP contribution in [0.1, 0.15) is 43.2 Å². The third-order valence-electron chi connectivity index (χ3n) is 3.77. The molecule has 2 heterocycles. The highest BCUT2D eigenvalue weighted by Crippen LogP contribution is 2.39. The highest BCUT2D eigenvalue weighted by Gasteiger charge is 2.52. The number of rotatable bonds is 4. The van der Waals surface area contributed by atoms with Crippen molar-refractivity contribution >= 4 is 43.1 Å². The summed E-state index contributed by atoms with van der Waals surface area (Å²) < 4.78 is 11.9. The van der Waals surface area contributed by atoms with E-state index >= 15 is 0 Å². The van der Waals surface area contributed by atoms with Crippen LogP contribution in [-0.4, -0.2) is 35.0 Å². The number of carbonyl (C=O) groups excluding carboxylic acids is 1. The van der Waals surface area contributed by atoms with Gasteiger partial charge in [-0.05, 0) is 39.2 Å². The first kappa shape index (κ1) is 16.5. The van der Waals surface area contributed by atoms with Crippen LogP contribution in [-0.2, 0) is 9.31 Å². The first-order valence-corrected chi connectivity index (χ1v) is 8.01. The summed E-state index contributed by atoms with van der Waals surface area (Å²) in [7, 11) is -0.513. The monoisotopic (exact) mass is 326 g/mol. The summed E-state index contributed by atoms with van der Waals surface area (Å²) in [4.78, 5) is 14.7. The van der Waals surface area contributed by atoms with Gasteiger partial charge in [0, 0.05) is 11.1 Å². The van der Waals surface area contributed by atoms with E-state index in [1.165, 1.54) is 0 Å². The minimum Gasteiger partial charge on any atom is -0.542 e. The van der Waals surface area contributed by atoms with Crippen LogP contribution in [0.15, 0.2) is 10.9 Å². The third kappa shape index (κ3) is 3.34. The molecule has 0 aromatic carbocycles. The fourth-order valence-electron chi connectivity index (χ4n) is 1.82. The van der Waals surface area contributed by atoms with Gasteiger partial charge in [-0.1, -0.05) is 0 Å². The van der Waals surface area contributed by atoms with Gasteiger partial charge in [0.2, 0.25) is 0 Å². The first-order valence-electron chi connectivity index (χ1n) is 6.50. The molecule has 0 N–H and O–H groups in total. The summed E-state index contributed by atoms with van der Waals surface area (Å²) in [5.74, 6) is -0.850. The van der Waals surface area contributed by atoms with Crippen LogP contribution in [0, 0.1) is 0 Å². The van der Waals surface area contributed by atoms with E-state index < -0.39 is 24.3 Å². The van der Waals surface area contributed by atoms with Gasteiger partial charge in [-0.2, -0.15) is 12.6 Å². The number of thiol groups is 1. The minimum absolute atomic E-state index is 0.0475. The Bertz CT molecular complexity index is 566. The van der Waals surface area contributed by atoms with Crippen LogP contribution in [0.5, 0.6) is 0 Å². The van der Waals surface area contributed by atoms with Crippen molar-refractivity contribution in [1.82, 2.24) is 4.98 Å². The minimum atomic E-state index is -1.28. The van der Waals surface area contributed by atoms with E-state index in [4.69, 9.17) is 9.31 Å². The molecule has 1 aromatic heterocycles. The highest BCUT2D eigenvalue weighted by molar-refractivity contribution is 7.80. The Kier molecular flexibility index (Phi) is 4.53. The number of carbonyl (C=O) groups is 1. The van der Waals surface area contributed by atoms with E-state index in [2.05, 4.69) is 17.6 Å². The fourth-order valence-corrected chi connectivity index (χ4v) is 2.67. The van der Waals surface area contributed by atoms with E-state index in [9.17, 15) is 9.90 Å². The molecule has 0 radical (unpaired) electrons. The number of hydrogen-bond acceptors (Lipinski definition) is 7. The normalized spacial score (nSPS) is 20.8. The third-order valence-corrected chi connectivity index (χ3v) is 4.97. The molecule has 0 amide bonds. The molecule has 8 heteroatoms. The Morgan fingerprint density at radius 1 is 1.43 bits per heavy atom. The molecule has 2 rings (SSSR count). The van der Waals surface area contributed by atoms with Crippen molar-refractivity contribution in [3.05, 3.63) is 21.6 Å².